The summed E-state index contributed by atoms with van der Waals surface area (Å²) in [6.45, 7) is 3.66. The van der Waals surface area contributed by atoms with Crippen molar-refractivity contribution in [2.24, 2.45) is 5.73 Å². The van der Waals surface area contributed by atoms with Crippen molar-refractivity contribution in [1.29, 1.82) is 0 Å². The van der Waals surface area contributed by atoms with E-state index in [0.29, 0.717) is 12.8 Å². The molecule has 1 unspecified atom stereocenters. The third kappa shape index (κ3) is 4.25. The average Bonchev–Trinajstić information content (AvgIpc) is 2.70. The highest BCUT2D eigenvalue weighted by atomic mass is 32.2. The van der Waals surface area contributed by atoms with E-state index in [4.69, 9.17) is 10.8 Å². The van der Waals surface area contributed by atoms with Crippen molar-refractivity contribution in [1.82, 2.24) is 9.36 Å². The SMILES string of the molecule is CCC(N)(CCCSc1nc(C)ns1)C(=O)O. The molecule has 0 saturated carbocycles. The van der Waals surface area contributed by atoms with E-state index in [1.807, 2.05) is 6.92 Å². The average molecular weight is 275 g/mol. The van der Waals surface area contributed by atoms with Crippen LogP contribution in [0.3, 0.4) is 0 Å². The molecule has 0 fully saturated rings. The molecule has 3 N–H and O–H groups in total. The highest BCUT2D eigenvalue weighted by Crippen LogP contribution is 2.23. The molecule has 1 atom stereocenters. The molecule has 0 aliphatic rings. The molecule has 17 heavy (non-hydrogen) atoms. The summed E-state index contributed by atoms with van der Waals surface area (Å²) in [5.74, 6) is 0.683. The zero-order valence-corrected chi connectivity index (χ0v) is 11.6. The minimum atomic E-state index is -1.09. The van der Waals surface area contributed by atoms with Crippen molar-refractivity contribution in [2.75, 3.05) is 5.75 Å². The van der Waals surface area contributed by atoms with Gasteiger partial charge in [0.1, 0.15) is 11.4 Å². The molecule has 0 aliphatic heterocycles. The van der Waals surface area contributed by atoms with Gasteiger partial charge in [0.25, 0.3) is 0 Å². The van der Waals surface area contributed by atoms with Gasteiger partial charge in [-0.05, 0) is 37.7 Å². The Hall–Kier alpha value is -0.660. The van der Waals surface area contributed by atoms with Crippen LogP contribution in [-0.4, -0.2) is 31.7 Å². The van der Waals surface area contributed by atoms with Gasteiger partial charge in [-0.25, -0.2) is 4.98 Å². The Morgan fingerprint density at radius 1 is 1.65 bits per heavy atom. The monoisotopic (exact) mass is 275 g/mol. The number of nitrogens with two attached hydrogens (primary N) is 1. The smallest absolute Gasteiger partial charge is 0.323 e. The second-order valence-corrected chi connectivity index (χ2v) is 5.97. The van der Waals surface area contributed by atoms with Crippen molar-refractivity contribution >= 4 is 29.3 Å². The van der Waals surface area contributed by atoms with E-state index in [9.17, 15) is 4.79 Å². The lowest BCUT2D eigenvalue weighted by Gasteiger charge is -2.22. The van der Waals surface area contributed by atoms with Gasteiger partial charge in [-0.2, -0.15) is 4.37 Å². The number of carboxylic acids is 1. The maximum absolute atomic E-state index is 11.0. The molecule has 5 nitrogen and oxygen atoms in total. The first kappa shape index (κ1) is 14.4. The van der Waals surface area contributed by atoms with E-state index >= 15 is 0 Å². The molecule has 0 amide bonds. The largest absolute Gasteiger partial charge is 0.480 e. The first-order chi connectivity index (χ1) is 7.98. The standard InChI is InChI=1S/C10H17N3O2S2/c1-3-10(11,8(14)15)5-4-6-16-9-12-7(2)13-17-9/h3-6,11H2,1-2H3,(H,14,15). The normalized spacial score (nSPS) is 14.5. The van der Waals surface area contributed by atoms with Crippen molar-refractivity contribution in [3.05, 3.63) is 5.82 Å². The number of aryl methyl sites for hydroxylation is 1. The first-order valence-corrected chi connectivity index (χ1v) is 7.19. The summed E-state index contributed by atoms with van der Waals surface area (Å²) < 4.78 is 5.01. The number of aromatic nitrogens is 2. The van der Waals surface area contributed by atoms with Gasteiger partial charge >= 0.3 is 5.97 Å². The van der Waals surface area contributed by atoms with Crippen LogP contribution in [0.4, 0.5) is 0 Å². The van der Waals surface area contributed by atoms with Gasteiger partial charge in [-0.3, -0.25) is 4.79 Å². The number of hydrogen-bond acceptors (Lipinski definition) is 6. The van der Waals surface area contributed by atoms with Gasteiger partial charge in [0.05, 0.1) is 0 Å². The predicted octanol–water partition coefficient (Wildman–Crippen LogP) is 1.91. The lowest BCUT2D eigenvalue weighted by molar-refractivity contribution is -0.143. The lowest BCUT2D eigenvalue weighted by atomic mass is 9.92. The summed E-state index contributed by atoms with van der Waals surface area (Å²) in [5, 5.41) is 9.00. The molecule has 0 bridgehead atoms. The fraction of sp³-hybridized carbons (Fsp3) is 0.700. The van der Waals surface area contributed by atoms with Gasteiger partial charge in [-0.15, -0.1) is 0 Å². The molecule has 1 aromatic rings. The van der Waals surface area contributed by atoms with Crippen molar-refractivity contribution < 1.29 is 9.90 Å². The summed E-state index contributed by atoms with van der Waals surface area (Å²) in [4.78, 5) is 15.2. The topological polar surface area (TPSA) is 89.1 Å². The van der Waals surface area contributed by atoms with E-state index in [-0.39, 0.29) is 0 Å². The number of hydrogen-bond donors (Lipinski definition) is 2. The second kappa shape index (κ2) is 6.32. The molecule has 7 heteroatoms. The fourth-order valence-corrected chi connectivity index (χ4v) is 2.98. The summed E-state index contributed by atoms with van der Waals surface area (Å²) in [7, 11) is 0. The Bertz CT molecular complexity index is 383. The zero-order valence-electron chi connectivity index (χ0n) is 9.97. The third-order valence-corrected chi connectivity index (χ3v) is 4.57. The van der Waals surface area contributed by atoms with Crippen LogP contribution in [0, 0.1) is 6.92 Å². The Kier molecular flexibility index (Phi) is 5.35. The van der Waals surface area contributed by atoms with E-state index in [0.717, 1.165) is 22.3 Å². The van der Waals surface area contributed by atoms with Crippen LogP contribution < -0.4 is 5.73 Å². The van der Waals surface area contributed by atoms with Crippen LogP contribution in [0.15, 0.2) is 4.34 Å². The number of carbonyl (C=O) groups is 1. The van der Waals surface area contributed by atoms with Crippen LogP contribution in [0.1, 0.15) is 32.0 Å². The number of rotatable bonds is 7. The molecule has 0 radical (unpaired) electrons. The van der Waals surface area contributed by atoms with Crippen molar-refractivity contribution in [3.8, 4) is 0 Å². The van der Waals surface area contributed by atoms with Gasteiger partial charge in [0.2, 0.25) is 0 Å². The van der Waals surface area contributed by atoms with E-state index in [1.54, 1.807) is 18.7 Å². The zero-order chi connectivity index (χ0) is 12.9. The van der Waals surface area contributed by atoms with Gasteiger partial charge < -0.3 is 10.8 Å². The highest BCUT2D eigenvalue weighted by Gasteiger charge is 2.30. The summed E-state index contributed by atoms with van der Waals surface area (Å²) in [5.41, 5.74) is 4.70. The second-order valence-electron chi connectivity index (χ2n) is 3.87. The Morgan fingerprint density at radius 2 is 2.35 bits per heavy atom. The molecule has 0 saturated heterocycles. The van der Waals surface area contributed by atoms with Crippen LogP contribution in [-0.2, 0) is 4.79 Å². The molecular weight excluding hydrogens is 258 g/mol. The number of aliphatic carboxylic acids is 1. The lowest BCUT2D eigenvalue weighted by Crippen LogP contribution is -2.47. The van der Waals surface area contributed by atoms with Crippen LogP contribution in [0.2, 0.25) is 0 Å². The molecule has 0 aliphatic carbocycles. The minimum Gasteiger partial charge on any atom is -0.480 e. The van der Waals surface area contributed by atoms with E-state index in [1.165, 1.54) is 11.5 Å². The number of carboxylic acid groups (broad SMARTS) is 1. The molecule has 0 spiro atoms. The minimum absolute atomic E-state index is 0.449. The molecular formula is C10H17N3O2S2. The Morgan fingerprint density at radius 3 is 2.82 bits per heavy atom. The van der Waals surface area contributed by atoms with Gasteiger partial charge in [0.15, 0.2) is 4.34 Å². The van der Waals surface area contributed by atoms with Crippen LogP contribution in [0.5, 0.6) is 0 Å². The summed E-state index contributed by atoms with van der Waals surface area (Å²) in [6.07, 6.45) is 1.70. The van der Waals surface area contributed by atoms with Crippen molar-refractivity contribution in [3.63, 3.8) is 0 Å². The quantitative estimate of drug-likeness (QED) is 0.583. The molecule has 96 valence electrons. The predicted molar refractivity (Wildman–Crippen MR) is 69.4 cm³/mol. The van der Waals surface area contributed by atoms with Gasteiger partial charge in [0, 0.05) is 5.75 Å². The van der Waals surface area contributed by atoms with E-state index < -0.39 is 11.5 Å². The Labute approximate surface area is 109 Å². The summed E-state index contributed by atoms with van der Waals surface area (Å²) in [6, 6.07) is 0. The number of thioether (sulfide) groups is 1. The van der Waals surface area contributed by atoms with Gasteiger partial charge in [-0.1, -0.05) is 18.7 Å². The maximum atomic E-state index is 11.0. The molecule has 1 aromatic heterocycles. The highest BCUT2D eigenvalue weighted by molar-refractivity contribution is 8.00. The third-order valence-electron chi connectivity index (χ3n) is 2.56. The van der Waals surface area contributed by atoms with E-state index in [2.05, 4.69) is 9.36 Å². The molecule has 0 aromatic carbocycles. The van der Waals surface area contributed by atoms with Crippen molar-refractivity contribution in [2.45, 2.75) is 43.0 Å². The maximum Gasteiger partial charge on any atom is 0.323 e. The Balaban J connectivity index is 2.30. The molecule has 1 heterocycles. The fourth-order valence-electron chi connectivity index (χ4n) is 1.32. The first-order valence-electron chi connectivity index (χ1n) is 5.43. The summed E-state index contributed by atoms with van der Waals surface area (Å²) >= 11 is 2.97. The molecule has 1 rings (SSSR count). The number of nitrogens with zero attached hydrogens (tertiary/aromatic N) is 2. The van der Waals surface area contributed by atoms with Crippen LogP contribution in [0.25, 0.3) is 0 Å². The van der Waals surface area contributed by atoms with Crippen LogP contribution >= 0.6 is 23.3 Å².